The molecule has 6 nitrogen and oxygen atoms in total. The summed E-state index contributed by atoms with van der Waals surface area (Å²) in [6.07, 6.45) is 1.97. The minimum absolute atomic E-state index is 0.195. The van der Waals surface area contributed by atoms with Crippen LogP contribution in [0.25, 0.3) is 0 Å². The number of nitrogens with zero attached hydrogens (tertiary/aromatic N) is 2. The predicted molar refractivity (Wildman–Crippen MR) is 63.2 cm³/mol. The maximum absolute atomic E-state index is 11.6. The molecule has 0 aliphatic carbocycles. The van der Waals surface area contributed by atoms with E-state index in [9.17, 15) is 14.7 Å². The summed E-state index contributed by atoms with van der Waals surface area (Å²) < 4.78 is 4.99. The first-order valence-electron chi connectivity index (χ1n) is 5.46. The highest BCUT2D eigenvalue weighted by molar-refractivity contribution is 7.95. The zero-order valence-corrected chi connectivity index (χ0v) is 10.4. The molecule has 1 atom stereocenters. The van der Waals surface area contributed by atoms with Crippen LogP contribution < -0.4 is 4.72 Å². The van der Waals surface area contributed by atoms with Crippen LogP contribution in [0.5, 0.6) is 0 Å². The molecule has 2 N–H and O–H groups in total. The molecule has 2 rings (SSSR count). The summed E-state index contributed by atoms with van der Waals surface area (Å²) in [5.74, 6) is -0.666. The highest BCUT2D eigenvalue weighted by atomic mass is 32.2. The lowest BCUT2D eigenvalue weighted by atomic mass is 10.1. The first kappa shape index (κ1) is 12.3. The van der Waals surface area contributed by atoms with Crippen molar-refractivity contribution in [2.24, 2.45) is 0 Å². The number of imide groups is 1. The van der Waals surface area contributed by atoms with Crippen molar-refractivity contribution in [2.45, 2.75) is 25.4 Å². The molecule has 0 aromatic heterocycles. The van der Waals surface area contributed by atoms with E-state index in [4.69, 9.17) is 0 Å². The lowest BCUT2D eigenvalue weighted by molar-refractivity contribution is -0.155. The summed E-state index contributed by atoms with van der Waals surface area (Å²) in [5, 5.41) is 9.41. The fourth-order valence-electron chi connectivity index (χ4n) is 1.81. The first-order chi connectivity index (χ1) is 8.08. The molecular formula is C10H15N3O3S. The van der Waals surface area contributed by atoms with E-state index in [2.05, 4.69) is 4.72 Å². The molecule has 1 fully saturated rings. The lowest BCUT2D eigenvalue weighted by Gasteiger charge is -2.27. The monoisotopic (exact) mass is 257 g/mol. The minimum Gasteiger partial charge on any atom is -0.383 e. The molecule has 0 radical (unpaired) electrons. The molecule has 94 valence electrons. The Balaban J connectivity index is 1.91. The van der Waals surface area contributed by atoms with E-state index in [1.165, 1.54) is 12.1 Å². The quantitative estimate of drug-likeness (QED) is 0.540. The van der Waals surface area contributed by atoms with Crippen molar-refractivity contribution < 1.29 is 14.7 Å². The standard InChI is InChI=1S/C10H15N3O3S/c1-12-6-7(11-17-12)4-5-13-9(15)3-2-8(14)10(13)16/h6,8,11,14H,2-5H2,1H3. The Bertz CT molecular complexity index is 372. The normalized spacial score (nSPS) is 25.1. The van der Waals surface area contributed by atoms with Crippen molar-refractivity contribution in [1.82, 2.24) is 13.9 Å². The van der Waals surface area contributed by atoms with E-state index in [1.54, 1.807) is 0 Å². The van der Waals surface area contributed by atoms with Gasteiger partial charge in [-0.25, -0.2) is 0 Å². The molecule has 17 heavy (non-hydrogen) atoms. The highest BCUT2D eigenvalue weighted by Crippen LogP contribution is 2.19. The van der Waals surface area contributed by atoms with Crippen LogP contribution in [-0.4, -0.2) is 45.8 Å². The zero-order valence-electron chi connectivity index (χ0n) is 9.55. The van der Waals surface area contributed by atoms with Crippen LogP contribution in [0.4, 0.5) is 0 Å². The van der Waals surface area contributed by atoms with Crippen LogP contribution in [-0.2, 0) is 9.59 Å². The molecule has 7 heteroatoms. The number of hydrogen-bond acceptors (Lipinski definition) is 6. The molecule has 2 heterocycles. The van der Waals surface area contributed by atoms with Crippen LogP contribution in [0.2, 0.25) is 0 Å². The van der Waals surface area contributed by atoms with Gasteiger partial charge in [0.1, 0.15) is 6.10 Å². The molecule has 1 unspecified atom stereocenters. The lowest BCUT2D eigenvalue weighted by Crippen LogP contribution is -2.48. The topological polar surface area (TPSA) is 72.9 Å². The average molecular weight is 257 g/mol. The number of carbonyl (C=O) groups is 2. The maximum atomic E-state index is 11.6. The van der Waals surface area contributed by atoms with E-state index in [1.807, 2.05) is 17.6 Å². The number of aliphatic hydroxyl groups excluding tert-OH is 1. The van der Waals surface area contributed by atoms with E-state index in [-0.39, 0.29) is 18.7 Å². The van der Waals surface area contributed by atoms with Crippen LogP contribution in [0.1, 0.15) is 19.3 Å². The molecule has 0 saturated carbocycles. The van der Waals surface area contributed by atoms with E-state index in [0.29, 0.717) is 13.0 Å². The summed E-state index contributed by atoms with van der Waals surface area (Å²) in [4.78, 5) is 24.3. The Kier molecular flexibility index (Phi) is 3.58. The number of likely N-dealkylation sites (tertiary alicyclic amines) is 1. The fraction of sp³-hybridized carbons (Fsp3) is 0.600. The summed E-state index contributed by atoms with van der Waals surface area (Å²) in [6.45, 7) is 0.321. The first-order valence-corrected chi connectivity index (χ1v) is 6.24. The molecule has 1 saturated heterocycles. The molecule has 2 aliphatic heterocycles. The molecule has 0 aromatic carbocycles. The molecule has 0 aromatic rings. The van der Waals surface area contributed by atoms with Gasteiger partial charge in [-0.3, -0.25) is 14.5 Å². The van der Waals surface area contributed by atoms with Crippen LogP contribution in [0, 0.1) is 0 Å². The Labute approximate surface area is 104 Å². The van der Waals surface area contributed by atoms with Gasteiger partial charge < -0.3 is 14.1 Å². The van der Waals surface area contributed by atoms with Crippen LogP contribution in [0.15, 0.2) is 11.9 Å². The second-order valence-corrected chi connectivity index (χ2v) is 5.04. The zero-order chi connectivity index (χ0) is 12.4. The highest BCUT2D eigenvalue weighted by Gasteiger charge is 2.32. The van der Waals surface area contributed by atoms with E-state index < -0.39 is 12.0 Å². The smallest absolute Gasteiger partial charge is 0.258 e. The third-order valence-corrected chi connectivity index (χ3v) is 3.49. The summed E-state index contributed by atoms with van der Waals surface area (Å²) in [6, 6.07) is 0. The molecular weight excluding hydrogens is 242 g/mol. The largest absolute Gasteiger partial charge is 0.383 e. The van der Waals surface area contributed by atoms with Gasteiger partial charge in [0.25, 0.3) is 5.91 Å². The summed E-state index contributed by atoms with van der Waals surface area (Å²) in [7, 11) is 1.91. The number of amides is 2. The van der Waals surface area contributed by atoms with E-state index in [0.717, 1.165) is 10.6 Å². The van der Waals surface area contributed by atoms with Gasteiger partial charge in [-0.1, -0.05) is 0 Å². The minimum atomic E-state index is -1.02. The van der Waals surface area contributed by atoms with Gasteiger partial charge in [0.2, 0.25) is 5.91 Å². The van der Waals surface area contributed by atoms with Gasteiger partial charge in [0, 0.05) is 38.3 Å². The van der Waals surface area contributed by atoms with Crippen LogP contribution in [0.3, 0.4) is 0 Å². The van der Waals surface area contributed by atoms with Crippen molar-refractivity contribution in [3.8, 4) is 0 Å². The average Bonchev–Trinajstić information content (AvgIpc) is 2.70. The van der Waals surface area contributed by atoms with Gasteiger partial charge >= 0.3 is 0 Å². The van der Waals surface area contributed by atoms with Crippen molar-refractivity contribution in [2.75, 3.05) is 13.6 Å². The van der Waals surface area contributed by atoms with Crippen molar-refractivity contribution in [3.63, 3.8) is 0 Å². The summed E-state index contributed by atoms with van der Waals surface area (Å²) >= 11 is 1.45. The van der Waals surface area contributed by atoms with E-state index >= 15 is 0 Å². The third kappa shape index (κ3) is 2.73. The number of carbonyl (C=O) groups excluding carboxylic acids is 2. The molecule has 2 amide bonds. The molecule has 0 bridgehead atoms. The number of nitrogens with one attached hydrogen (secondary N) is 1. The van der Waals surface area contributed by atoms with Gasteiger partial charge in [0.05, 0.1) is 12.1 Å². The van der Waals surface area contributed by atoms with Crippen molar-refractivity contribution in [3.05, 3.63) is 11.9 Å². The second-order valence-electron chi connectivity index (χ2n) is 4.08. The van der Waals surface area contributed by atoms with Gasteiger partial charge in [-0.15, -0.1) is 0 Å². The van der Waals surface area contributed by atoms with Gasteiger partial charge in [0.15, 0.2) is 0 Å². The summed E-state index contributed by atoms with van der Waals surface area (Å²) in [5.41, 5.74) is 0.971. The van der Waals surface area contributed by atoms with Gasteiger partial charge in [-0.05, 0) is 6.42 Å². The SMILES string of the molecule is CN1C=C(CCN2C(=O)CCC(O)C2=O)NS1. The Hall–Kier alpha value is -1.21. The number of rotatable bonds is 3. The fourth-order valence-corrected chi connectivity index (χ4v) is 2.40. The number of aliphatic hydroxyl groups is 1. The van der Waals surface area contributed by atoms with Crippen molar-refractivity contribution in [1.29, 1.82) is 0 Å². The number of piperidine rings is 1. The van der Waals surface area contributed by atoms with Crippen molar-refractivity contribution >= 4 is 23.9 Å². The Morgan fingerprint density at radius 2 is 2.35 bits per heavy atom. The second kappa shape index (κ2) is 4.97. The Morgan fingerprint density at radius 3 is 3.00 bits per heavy atom. The molecule has 0 spiro atoms. The third-order valence-electron chi connectivity index (χ3n) is 2.75. The maximum Gasteiger partial charge on any atom is 0.258 e. The predicted octanol–water partition coefficient (Wildman–Crippen LogP) is -0.174. The van der Waals surface area contributed by atoms with Gasteiger partial charge in [-0.2, -0.15) is 0 Å². The number of hydrogen-bond donors (Lipinski definition) is 2. The molecule has 2 aliphatic rings. The Morgan fingerprint density at radius 1 is 1.59 bits per heavy atom. The van der Waals surface area contributed by atoms with Crippen LogP contribution >= 0.6 is 12.1 Å².